The van der Waals surface area contributed by atoms with Crippen LogP contribution in [-0.4, -0.2) is 36.9 Å². The molecule has 144 valence electrons. The van der Waals surface area contributed by atoms with Crippen LogP contribution in [0.1, 0.15) is 12.0 Å². The number of hydrogen-bond acceptors (Lipinski definition) is 5. The first-order chi connectivity index (χ1) is 13.5. The molecule has 1 atom stereocenters. The van der Waals surface area contributed by atoms with Gasteiger partial charge in [-0.2, -0.15) is 0 Å². The summed E-state index contributed by atoms with van der Waals surface area (Å²) in [6.45, 7) is 0.781. The van der Waals surface area contributed by atoms with Gasteiger partial charge in [-0.05, 0) is 30.2 Å². The van der Waals surface area contributed by atoms with E-state index in [1.165, 1.54) is 12.1 Å². The molecule has 8 nitrogen and oxygen atoms in total. The molecule has 2 aromatic carbocycles. The lowest BCUT2D eigenvalue weighted by atomic mass is 10.1. The largest absolute Gasteiger partial charge is 0.497 e. The summed E-state index contributed by atoms with van der Waals surface area (Å²) >= 11 is 0. The minimum absolute atomic E-state index is 0.0216. The fourth-order valence-corrected chi connectivity index (χ4v) is 3.85. The summed E-state index contributed by atoms with van der Waals surface area (Å²) < 4.78 is 5.21. The standard InChI is InChI=1S/C20H19N3O5/c1-28-17-4-2-3-15(11-17)22-12-14(10-19(22)24)20(25)21-8-7-13-9-16(23(26)27)5-6-18(13)21/h2-6,9,11,14H,7-8,10,12H2,1H3/t14-/m0/s1. The van der Waals surface area contributed by atoms with Crippen LogP contribution in [0.15, 0.2) is 42.5 Å². The Bertz CT molecular complexity index is 974. The van der Waals surface area contributed by atoms with E-state index < -0.39 is 10.8 Å². The number of carbonyl (C=O) groups is 2. The van der Waals surface area contributed by atoms with E-state index in [1.54, 1.807) is 41.2 Å². The van der Waals surface area contributed by atoms with Crippen LogP contribution < -0.4 is 14.5 Å². The molecule has 0 spiro atoms. The number of fused-ring (bicyclic) bond motifs is 1. The number of nitrogens with zero attached hydrogens (tertiary/aromatic N) is 3. The molecule has 28 heavy (non-hydrogen) atoms. The molecule has 2 aliphatic rings. The second kappa shape index (κ2) is 6.95. The number of amides is 2. The number of nitro groups is 1. The molecule has 1 fully saturated rings. The van der Waals surface area contributed by atoms with Crippen molar-refractivity contribution in [3.8, 4) is 5.75 Å². The van der Waals surface area contributed by atoms with Crippen molar-refractivity contribution in [3.63, 3.8) is 0 Å². The lowest BCUT2D eigenvalue weighted by Crippen LogP contribution is -2.36. The predicted molar refractivity (Wildman–Crippen MR) is 103 cm³/mol. The van der Waals surface area contributed by atoms with E-state index >= 15 is 0 Å². The second-order valence-corrected chi connectivity index (χ2v) is 6.92. The van der Waals surface area contributed by atoms with E-state index in [9.17, 15) is 19.7 Å². The summed E-state index contributed by atoms with van der Waals surface area (Å²) in [5, 5.41) is 11.0. The van der Waals surface area contributed by atoms with Gasteiger partial charge in [0, 0.05) is 49.1 Å². The van der Waals surface area contributed by atoms with Crippen LogP contribution in [0.2, 0.25) is 0 Å². The van der Waals surface area contributed by atoms with Crippen LogP contribution >= 0.6 is 0 Å². The number of methoxy groups -OCH3 is 1. The Balaban J connectivity index is 1.53. The number of carbonyl (C=O) groups excluding carboxylic acids is 2. The Morgan fingerprint density at radius 2 is 2.07 bits per heavy atom. The van der Waals surface area contributed by atoms with E-state index in [0.29, 0.717) is 36.6 Å². The number of non-ortho nitro benzene ring substituents is 1. The van der Waals surface area contributed by atoms with Crippen molar-refractivity contribution < 1.29 is 19.2 Å². The third-order valence-corrected chi connectivity index (χ3v) is 5.27. The van der Waals surface area contributed by atoms with Crippen molar-refractivity contribution in [1.29, 1.82) is 0 Å². The topological polar surface area (TPSA) is 93.0 Å². The lowest BCUT2D eigenvalue weighted by molar-refractivity contribution is -0.384. The monoisotopic (exact) mass is 381 g/mol. The second-order valence-electron chi connectivity index (χ2n) is 6.92. The maximum absolute atomic E-state index is 13.1. The summed E-state index contributed by atoms with van der Waals surface area (Å²) in [6, 6.07) is 11.7. The van der Waals surface area contributed by atoms with Crippen molar-refractivity contribution in [1.82, 2.24) is 0 Å². The minimum atomic E-state index is -0.445. The van der Waals surface area contributed by atoms with Gasteiger partial charge in [0.1, 0.15) is 5.75 Å². The number of hydrogen-bond donors (Lipinski definition) is 0. The molecule has 0 bridgehead atoms. The molecule has 0 aromatic heterocycles. The molecule has 4 rings (SSSR count). The lowest BCUT2D eigenvalue weighted by Gasteiger charge is -2.22. The minimum Gasteiger partial charge on any atom is -0.497 e. The highest BCUT2D eigenvalue weighted by atomic mass is 16.6. The van der Waals surface area contributed by atoms with Gasteiger partial charge >= 0.3 is 0 Å². The summed E-state index contributed by atoms with van der Waals surface area (Å²) in [5.41, 5.74) is 2.21. The van der Waals surface area contributed by atoms with Gasteiger partial charge in [-0.15, -0.1) is 0 Å². The molecular formula is C20H19N3O5. The summed E-state index contributed by atoms with van der Waals surface area (Å²) in [4.78, 5) is 39.3. The van der Waals surface area contributed by atoms with E-state index in [2.05, 4.69) is 0 Å². The first-order valence-corrected chi connectivity index (χ1v) is 9.01. The molecule has 0 radical (unpaired) electrons. The normalized spacial score (nSPS) is 18.3. The number of rotatable bonds is 4. The zero-order valence-corrected chi connectivity index (χ0v) is 15.3. The average Bonchev–Trinajstić information content (AvgIpc) is 3.30. The maximum atomic E-state index is 13.1. The van der Waals surface area contributed by atoms with Crippen LogP contribution in [0.5, 0.6) is 5.75 Å². The van der Waals surface area contributed by atoms with E-state index in [0.717, 1.165) is 5.56 Å². The zero-order chi connectivity index (χ0) is 19.8. The molecule has 2 heterocycles. The number of nitro benzene ring substituents is 1. The zero-order valence-electron chi connectivity index (χ0n) is 15.3. The number of ether oxygens (including phenoxy) is 1. The van der Waals surface area contributed by atoms with Crippen LogP contribution in [0, 0.1) is 16.0 Å². The SMILES string of the molecule is COc1cccc(N2C[C@@H](C(=O)N3CCc4cc([N+](=O)[O-])ccc43)CC2=O)c1. The van der Waals surface area contributed by atoms with Gasteiger partial charge in [-0.25, -0.2) is 0 Å². The fraction of sp³-hybridized carbons (Fsp3) is 0.300. The summed E-state index contributed by atoms with van der Waals surface area (Å²) in [6.07, 6.45) is 0.720. The molecule has 0 unspecified atom stereocenters. The fourth-order valence-electron chi connectivity index (χ4n) is 3.85. The molecule has 2 aromatic rings. The van der Waals surface area contributed by atoms with Crippen LogP contribution in [0.4, 0.5) is 17.1 Å². The van der Waals surface area contributed by atoms with E-state index in [-0.39, 0.29) is 23.9 Å². The molecule has 2 amide bonds. The Morgan fingerprint density at radius 1 is 1.25 bits per heavy atom. The third-order valence-electron chi connectivity index (χ3n) is 5.27. The molecule has 8 heteroatoms. The van der Waals surface area contributed by atoms with Crippen molar-refractivity contribution in [2.75, 3.05) is 30.0 Å². The van der Waals surface area contributed by atoms with Crippen LogP contribution in [0.3, 0.4) is 0 Å². The van der Waals surface area contributed by atoms with Crippen LogP contribution in [0.25, 0.3) is 0 Å². The first kappa shape index (κ1) is 18.0. The number of benzene rings is 2. The first-order valence-electron chi connectivity index (χ1n) is 9.01. The van der Waals surface area contributed by atoms with Crippen LogP contribution in [-0.2, 0) is 16.0 Å². The van der Waals surface area contributed by atoms with Gasteiger partial charge in [0.05, 0.1) is 18.0 Å². The van der Waals surface area contributed by atoms with Gasteiger partial charge in [-0.1, -0.05) is 6.07 Å². The van der Waals surface area contributed by atoms with Gasteiger partial charge in [0.15, 0.2) is 0 Å². The van der Waals surface area contributed by atoms with Gasteiger partial charge in [0.2, 0.25) is 11.8 Å². The molecule has 0 saturated carbocycles. The van der Waals surface area contributed by atoms with Crippen molar-refractivity contribution in [3.05, 3.63) is 58.1 Å². The molecule has 1 saturated heterocycles. The number of anilines is 2. The summed E-state index contributed by atoms with van der Waals surface area (Å²) in [5.74, 6) is -0.0175. The van der Waals surface area contributed by atoms with Crippen molar-refractivity contribution in [2.45, 2.75) is 12.8 Å². The van der Waals surface area contributed by atoms with Crippen molar-refractivity contribution in [2.24, 2.45) is 5.92 Å². The third kappa shape index (κ3) is 3.06. The molecule has 0 aliphatic carbocycles. The Hall–Kier alpha value is -3.42. The molecule has 2 aliphatic heterocycles. The Labute approximate surface area is 161 Å². The van der Waals surface area contributed by atoms with Gasteiger partial charge in [-0.3, -0.25) is 19.7 Å². The Morgan fingerprint density at radius 3 is 2.82 bits per heavy atom. The Kier molecular flexibility index (Phi) is 4.46. The highest BCUT2D eigenvalue weighted by Crippen LogP contribution is 2.35. The van der Waals surface area contributed by atoms with E-state index in [4.69, 9.17) is 4.74 Å². The smallest absolute Gasteiger partial charge is 0.269 e. The predicted octanol–water partition coefficient (Wildman–Crippen LogP) is 2.55. The quantitative estimate of drug-likeness (QED) is 0.599. The van der Waals surface area contributed by atoms with Gasteiger partial charge in [0.25, 0.3) is 5.69 Å². The highest BCUT2D eigenvalue weighted by Gasteiger charge is 2.39. The molecule has 0 N–H and O–H groups in total. The van der Waals surface area contributed by atoms with Crippen molar-refractivity contribution >= 4 is 28.9 Å². The molecular weight excluding hydrogens is 362 g/mol. The summed E-state index contributed by atoms with van der Waals surface area (Å²) in [7, 11) is 1.56. The van der Waals surface area contributed by atoms with E-state index in [1.807, 2.05) is 6.07 Å². The highest BCUT2D eigenvalue weighted by molar-refractivity contribution is 6.05. The van der Waals surface area contributed by atoms with Gasteiger partial charge < -0.3 is 14.5 Å². The maximum Gasteiger partial charge on any atom is 0.269 e. The average molecular weight is 381 g/mol.